The second-order valence-electron chi connectivity index (χ2n) is 22.9. The van der Waals surface area contributed by atoms with Crippen LogP contribution in [-0.2, 0) is 25.5 Å². The number of nitrogens with zero attached hydrogens (tertiary/aromatic N) is 3. The summed E-state index contributed by atoms with van der Waals surface area (Å²) >= 11 is 8.12. The van der Waals surface area contributed by atoms with Gasteiger partial charge in [0.25, 0.3) is 0 Å². The smallest absolute Gasteiger partial charge is 0.305 e. The maximum absolute atomic E-state index is 4.97. The fourth-order valence-corrected chi connectivity index (χ4v) is 12.8. The Kier molecular flexibility index (Phi) is 17.1. The molecule has 0 unspecified atom stereocenters. The fraction of sp³-hybridized carbons (Fsp3) is 0.0741. The zero-order chi connectivity index (χ0) is 58.9. The van der Waals surface area contributed by atoms with E-state index in [1.165, 1.54) is 5.56 Å². The molecule has 0 N–H and O–H groups in total. The molecule has 0 aliphatic rings. The van der Waals surface area contributed by atoms with E-state index in [0.29, 0.717) is 0 Å². The van der Waals surface area contributed by atoms with Gasteiger partial charge in [-0.25, -0.2) is 0 Å². The predicted octanol–water partition coefficient (Wildman–Crippen LogP) is 22.7. The maximum atomic E-state index is 4.97. The predicted molar refractivity (Wildman–Crippen MR) is 365 cm³/mol. The number of halogens is 2. The second-order valence-corrected chi connectivity index (χ2v) is 24.6. The van der Waals surface area contributed by atoms with E-state index in [2.05, 4.69) is 315 Å². The topological polar surface area (TPSA) is 38.7 Å². The average Bonchev–Trinajstić information content (AvgIpc) is 1.89. The molecule has 0 bridgehead atoms. The van der Waals surface area contributed by atoms with Crippen LogP contribution in [0.3, 0.4) is 0 Å². The molecular weight excluding hydrogens is 1370 g/mol. The number of hydrogen-bond acceptors (Lipinski definition) is 3. The zero-order valence-electron chi connectivity index (χ0n) is 48.8. The van der Waals surface area contributed by atoms with E-state index in [1.54, 1.807) is 0 Å². The third-order valence-electron chi connectivity index (χ3n) is 16.2. The SMILES string of the molecule is Cc1cc(-c2[c-]cc(-c3ccccc3-c3cc(-c4ccccc4-c4[c-]cc(-c5cc(C)c(-c6ccccc6)cn5)cc4Br)cc(-c4ccccc4-c4c[c-]c(-c5cc(C(C)(C)C)ccn5)cc4-c4ccccc4)c3)c(Br)c2)ncc1-c1ccccc1.[Ir+3]. The molecular formula is C81H58Br2IrN3. The summed E-state index contributed by atoms with van der Waals surface area (Å²) in [6.45, 7) is 11.0. The minimum atomic E-state index is -0.0344. The summed E-state index contributed by atoms with van der Waals surface area (Å²) in [6, 6.07) is 97.4. The van der Waals surface area contributed by atoms with Crippen molar-refractivity contribution in [2.75, 3.05) is 0 Å². The van der Waals surface area contributed by atoms with E-state index >= 15 is 0 Å². The molecule has 10 aromatic carbocycles. The minimum absolute atomic E-state index is 0. The van der Waals surface area contributed by atoms with Crippen molar-refractivity contribution in [3.05, 3.63) is 305 Å². The third kappa shape index (κ3) is 12.2. The standard InChI is InChI=1S/C81H58Br2N3.Ir/c1-52-41-78(85-50-74(52)55-23-11-7-12-24-55)58-34-37-71(76(82)47-58)68-31-19-16-28-65(68)61-43-60(64-27-15-18-30-67(64)70-36-33-57(46-73(70)54-21-9-6-10-22-54)80-49-63(39-40-84-80)81(3,4)5)44-62(45-61)66-29-17-20-32-69(66)72-38-35-59(48-77(72)83)79-42-53(2)75(51-86-79)56-25-13-8-14-26-56;/h6-32,34,36,38-51H,1-5H3;/q-3;+3. The van der Waals surface area contributed by atoms with Crippen LogP contribution in [0.5, 0.6) is 0 Å². The van der Waals surface area contributed by atoms with E-state index < -0.39 is 0 Å². The Morgan fingerprint density at radius 3 is 1.28 bits per heavy atom. The van der Waals surface area contributed by atoms with Gasteiger partial charge in [-0.3, -0.25) is 4.98 Å². The summed E-state index contributed by atoms with van der Waals surface area (Å²) in [5, 5.41) is 0. The molecule has 13 rings (SSSR count). The van der Waals surface area contributed by atoms with Crippen LogP contribution in [-0.4, -0.2) is 15.0 Å². The summed E-state index contributed by atoms with van der Waals surface area (Å²) in [6.07, 6.45) is 5.87. The molecule has 0 aliphatic heterocycles. The number of aryl methyl sites for hydroxylation is 2. The Labute approximate surface area is 541 Å². The van der Waals surface area contributed by atoms with Crippen LogP contribution in [0.4, 0.5) is 0 Å². The first-order valence-electron chi connectivity index (χ1n) is 28.9. The van der Waals surface area contributed by atoms with Crippen LogP contribution in [0.15, 0.2) is 270 Å². The molecule has 0 saturated heterocycles. The van der Waals surface area contributed by atoms with Crippen molar-refractivity contribution in [3.8, 4) is 134 Å². The van der Waals surface area contributed by atoms with Crippen molar-refractivity contribution in [2.45, 2.75) is 40.0 Å². The number of pyridine rings is 3. The summed E-state index contributed by atoms with van der Waals surface area (Å²) in [5.74, 6) is 0. The second kappa shape index (κ2) is 25.3. The number of hydrogen-bond donors (Lipinski definition) is 0. The van der Waals surface area contributed by atoms with E-state index in [0.717, 1.165) is 154 Å². The third-order valence-corrected chi connectivity index (χ3v) is 17.5. The Morgan fingerprint density at radius 1 is 0.322 bits per heavy atom. The minimum Gasteiger partial charge on any atom is -0.305 e. The van der Waals surface area contributed by atoms with Gasteiger partial charge in [-0.1, -0.05) is 266 Å². The Hall–Kier alpha value is -8.74. The Bertz CT molecular complexity index is 4470. The summed E-state index contributed by atoms with van der Waals surface area (Å²) in [7, 11) is 0. The fourth-order valence-electron chi connectivity index (χ4n) is 11.6. The molecule has 420 valence electrons. The van der Waals surface area contributed by atoms with Crippen molar-refractivity contribution in [2.24, 2.45) is 0 Å². The molecule has 6 heteroatoms. The molecule has 0 spiro atoms. The van der Waals surface area contributed by atoms with Crippen molar-refractivity contribution in [1.29, 1.82) is 0 Å². The molecule has 0 atom stereocenters. The van der Waals surface area contributed by atoms with Crippen LogP contribution in [0.2, 0.25) is 0 Å². The molecule has 0 radical (unpaired) electrons. The Balaban J connectivity index is 0.00000739. The van der Waals surface area contributed by atoms with Gasteiger partial charge >= 0.3 is 20.1 Å². The van der Waals surface area contributed by atoms with Gasteiger partial charge in [-0.15, -0.1) is 87.2 Å². The van der Waals surface area contributed by atoms with Gasteiger partial charge < -0.3 is 9.97 Å². The summed E-state index contributed by atoms with van der Waals surface area (Å²) < 4.78 is 1.88. The van der Waals surface area contributed by atoms with Crippen molar-refractivity contribution < 1.29 is 20.1 Å². The molecule has 0 aliphatic carbocycles. The van der Waals surface area contributed by atoms with Gasteiger partial charge in [0.05, 0.1) is 0 Å². The summed E-state index contributed by atoms with van der Waals surface area (Å²) in [5.41, 5.74) is 28.5. The van der Waals surface area contributed by atoms with Gasteiger partial charge in [-0.05, 0) is 122 Å². The van der Waals surface area contributed by atoms with Gasteiger partial charge in [0.1, 0.15) is 0 Å². The van der Waals surface area contributed by atoms with Crippen molar-refractivity contribution >= 4 is 31.9 Å². The van der Waals surface area contributed by atoms with E-state index in [-0.39, 0.29) is 25.5 Å². The van der Waals surface area contributed by atoms with E-state index in [1.807, 2.05) is 30.7 Å². The number of rotatable bonds is 12. The average molecular weight is 1430 g/mol. The van der Waals surface area contributed by atoms with Gasteiger partial charge in [0.15, 0.2) is 0 Å². The van der Waals surface area contributed by atoms with E-state index in [9.17, 15) is 0 Å². The molecule has 0 amide bonds. The molecule has 87 heavy (non-hydrogen) atoms. The first-order valence-corrected chi connectivity index (χ1v) is 30.5. The molecule has 0 fully saturated rings. The Morgan fingerprint density at radius 2 is 0.759 bits per heavy atom. The molecule has 3 nitrogen and oxygen atoms in total. The zero-order valence-corrected chi connectivity index (χ0v) is 54.3. The maximum Gasteiger partial charge on any atom is 3.00 e. The van der Waals surface area contributed by atoms with Gasteiger partial charge in [0, 0.05) is 35.4 Å². The normalized spacial score (nSPS) is 11.3. The monoisotopic (exact) mass is 1420 g/mol. The van der Waals surface area contributed by atoms with Crippen molar-refractivity contribution in [3.63, 3.8) is 0 Å². The largest absolute Gasteiger partial charge is 3.00 e. The first-order chi connectivity index (χ1) is 41.9. The molecule has 3 aromatic heterocycles. The first kappa shape index (κ1) is 58.6. The van der Waals surface area contributed by atoms with Gasteiger partial charge in [0.2, 0.25) is 0 Å². The molecule has 3 heterocycles. The summed E-state index contributed by atoms with van der Waals surface area (Å²) in [4.78, 5) is 14.8. The number of aromatic nitrogens is 3. The van der Waals surface area contributed by atoms with Crippen LogP contribution >= 0.6 is 31.9 Å². The molecule has 0 saturated carbocycles. The van der Waals surface area contributed by atoms with Crippen LogP contribution in [0.1, 0.15) is 37.5 Å². The van der Waals surface area contributed by atoms with Crippen LogP contribution < -0.4 is 0 Å². The number of benzene rings is 10. The quantitative estimate of drug-likeness (QED) is 0.114. The van der Waals surface area contributed by atoms with Gasteiger partial charge in [-0.2, -0.15) is 0 Å². The molecule has 13 aromatic rings. The van der Waals surface area contributed by atoms with E-state index in [4.69, 9.17) is 15.0 Å². The van der Waals surface area contributed by atoms with Crippen molar-refractivity contribution in [1.82, 2.24) is 15.0 Å². The van der Waals surface area contributed by atoms with Crippen LogP contribution in [0.25, 0.3) is 134 Å². The van der Waals surface area contributed by atoms with Crippen LogP contribution in [0, 0.1) is 32.0 Å².